The Hall–Kier alpha value is -2.26. The smallest absolute Gasteiger partial charge is 0.407 e. The van der Waals surface area contributed by atoms with Gasteiger partial charge in [0, 0.05) is 24.8 Å². The molecule has 0 aromatic carbocycles. The van der Waals surface area contributed by atoms with Gasteiger partial charge in [-0.25, -0.2) is 4.79 Å². The zero-order valence-electron chi connectivity index (χ0n) is 18.7. The highest BCUT2D eigenvalue weighted by Gasteiger charge is 2.25. The summed E-state index contributed by atoms with van der Waals surface area (Å²) in [5, 5.41) is 19.4. The first-order valence-corrected chi connectivity index (χ1v) is 10.5. The molecule has 1 saturated carbocycles. The summed E-state index contributed by atoms with van der Waals surface area (Å²) in [6.45, 7) is 8.09. The maximum Gasteiger partial charge on any atom is 0.407 e. The second-order valence-electron chi connectivity index (χ2n) is 8.38. The van der Waals surface area contributed by atoms with Crippen molar-refractivity contribution in [2.45, 2.75) is 77.4 Å². The van der Waals surface area contributed by atoms with Crippen molar-refractivity contribution in [3.05, 3.63) is 12.1 Å². The highest BCUT2D eigenvalue weighted by molar-refractivity contribution is 5.68. The van der Waals surface area contributed by atoms with Gasteiger partial charge in [-0.15, -0.1) is 0 Å². The molecule has 0 aliphatic heterocycles. The van der Waals surface area contributed by atoms with Crippen LogP contribution in [0.4, 0.5) is 16.3 Å². The molecule has 1 aliphatic rings. The van der Waals surface area contributed by atoms with Crippen LogP contribution in [0.1, 0.15) is 53.4 Å². The molecule has 0 spiro atoms. The van der Waals surface area contributed by atoms with Crippen molar-refractivity contribution in [2.24, 2.45) is 0 Å². The van der Waals surface area contributed by atoms with Crippen LogP contribution in [-0.2, 0) is 9.47 Å². The van der Waals surface area contributed by atoms with Crippen molar-refractivity contribution in [2.75, 3.05) is 30.9 Å². The number of pyridine rings is 1. The molecular formula is C21H36N4O5. The van der Waals surface area contributed by atoms with Crippen LogP contribution in [0, 0.1) is 0 Å². The summed E-state index contributed by atoms with van der Waals surface area (Å²) in [5.74, 6) is 1.18. The molecule has 0 bridgehead atoms. The molecular weight excluding hydrogens is 388 g/mol. The minimum Gasteiger partial charge on any atom is -0.481 e. The fourth-order valence-corrected chi connectivity index (χ4v) is 3.31. The van der Waals surface area contributed by atoms with Crippen molar-refractivity contribution in [1.82, 2.24) is 10.3 Å². The molecule has 2 rings (SSSR count). The third kappa shape index (κ3) is 8.23. The minimum atomic E-state index is -0.890. The molecule has 1 fully saturated rings. The SMILES string of the molecule is CCOC(O)CNc1ccc(OC)nc1NC1CCC(NC(=O)OC(C)(C)C)CC1. The third-order valence-electron chi connectivity index (χ3n) is 4.69. The van der Waals surface area contributed by atoms with E-state index in [1.54, 1.807) is 13.2 Å². The Bertz CT molecular complexity index is 672. The number of amides is 1. The number of ether oxygens (including phenoxy) is 3. The number of aliphatic hydroxyl groups is 1. The second-order valence-corrected chi connectivity index (χ2v) is 8.38. The standard InChI is InChI=1S/C21H36N4O5/c1-6-29-18(26)13-22-16-11-12-17(28-5)25-19(16)23-14-7-9-15(10-8-14)24-20(27)30-21(2,3)4/h11-12,14-15,18,22,26H,6-10,13H2,1-5H3,(H,23,25)(H,24,27). The van der Waals surface area contributed by atoms with Crippen molar-refractivity contribution in [3.8, 4) is 5.88 Å². The molecule has 1 aromatic heterocycles. The summed E-state index contributed by atoms with van der Waals surface area (Å²) in [4.78, 5) is 16.5. The molecule has 1 heterocycles. The molecule has 1 aromatic rings. The first kappa shape index (κ1) is 24.0. The van der Waals surface area contributed by atoms with Gasteiger partial charge in [-0.05, 0) is 59.4 Å². The lowest BCUT2D eigenvalue weighted by Gasteiger charge is -2.31. The van der Waals surface area contributed by atoms with Gasteiger partial charge < -0.3 is 35.3 Å². The lowest BCUT2D eigenvalue weighted by Crippen LogP contribution is -2.42. The molecule has 170 valence electrons. The fraction of sp³-hybridized carbons (Fsp3) is 0.714. The Balaban J connectivity index is 1.90. The summed E-state index contributed by atoms with van der Waals surface area (Å²) in [6.07, 6.45) is 2.23. The predicted octanol–water partition coefficient (Wildman–Crippen LogP) is 3.10. The molecule has 1 unspecified atom stereocenters. The Labute approximate surface area is 178 Å². The number of hydrogen-bond donors (Lipinski definition) is 4. The number of anilines is 2. The zero-order chi connectivity index (χ0) is 22.1. The monoisotopic (exact) mass is 424 g/mol. The van der Waals surface area contributed by atoms with E-state index in [9.17, 15) is 9.90 Å². The Morgan fingerprint density at radius 3 is 2.50 bits per heavy atom. The molecule has 1 atom stereocenters. The number of carbonyl (C=O) groups is 1. The summed E-state index contributed by atoms with van der Waals surface area (Å²) in [6, 6.07) is 3.96. The summed E-state index contributed by atoms with van der Waals surface area (Å²) < 4.78 is 15.7. The Morgan fingerprint density at radius 2 is 1.90 bits per heavy atom. The zero-order valence-corrected chi connectivity index (χ0v) is 18.7. The molecule has 4 N–H and O–H groups in total. The number of methoxy groups -OCH3 is 1. The lowest BCUT2D eigenvalue weighted by molar-refractivity contribution is -0.0837. The van der Waals surface area contributed by atoms with Crippen molar-refractivity contribution >= 4 is 17.6 Å². The van der Waals surface area contributed by atoms with Gasteiger partial charge in [0.15, 0.2) is 12.1 Å². The van der Waals surface area contributed by atoms with E-state index < -0.39 is 11.9 Å². The number of alkyl carbamates (subject to hydrolysis) is 1. The number of hydrogen-bond acceptors (Lipinski definition) is 8. The largest absolute Gasteiger partial charge is 0.481 e. The van der Waals surface area contributed by atoms with Crippen LogP contribution in [0.2, 0.25) is 0 Å². The number of aliphatic hydroxyl groups excluding tert-OH is 1. The average Bonchev–Trinajstić information content (AvgIpc) is 2.67. The van der Waals surface area contributed by atoms with Crippen molar-refractivity contribution < 1.29 is 24.1 Å². The lowest BCUT2D eigenvalue weighted by atomic mass is 9.91. The number of rotatable bonds is 9. The number of carbonyl (C=O) groups excluding carboxylic acids is 1. The molecule has 1 aliphatic carbocycles. The van der Waals surface area contributed by atoms with Crippen LogP contribution in [0.3, 0.4) is 0 Å². The van der Waals surface area contributed by atoms with Gasteiger partial charge in [0.2, 0.25) is 5.88 Å². The van der Waals surface area contributed by atoms with E-state index in [0.717, 1.165) is 31.4 Å². The van der Waals surface area contributed by atoms with E-state index in [2.05, 4.69) is 20.9 Å². The van der Waals surface area contributed by atoms with Crippen LogP contribution >= 0.6 is 0 Å². The molecule has 0 saturated heterocycles. The summed E-state index contributed by atoms with van der Waals surface area (Å²) in [5.41, 5.74) is 0.267. The topological polar surface area (TPSA) is 114 Å². The molecule has 1 amide bonds. The van der Waals surface area contributed by atoms with E-state index in [0.29, 0.717) is 18.3 Å². The average molecular weight is 425 g/mol. The van der Waals surface area contributed by atoms with Crippen molar-refractivity contribution in [3.63, 3.8) is 0 Å². The van der Waals surface area contributed by atoms with Gasteiger partial charge in [0.1, 0.15) is 5.60 Å². The Morgan fingerprint density at radius 1 is 1.23 bits per heavy atom. The van der Waals surface area contributed by atoms with Gasteiger partial charge in [-0.3, -0.25) is 0 Å². The van der Waals surface area contributed by atoms with Gasteiger partial charge in [-0.1, -0.05) is 0 Å². The van der Waals surface area contributed by atoms with Gasteiger partial charge in [0.25, 0.3) is 0 Å². The van der Waals surface area contributed by atoms with Crippen LogP contribution in [0.25, 0.3) is 0 Å². The maximum absolute atomic E-state index is 12.0. The minimum absolute atomic E-state index is 0.107. The number of nitrogens with one attached hydrogen (secondary N) is 3. The van der Waals surface area contributed by atoms with Gasteiger partial charge in [-0.2, -0.15) is 4.98 Å². The first-order chi connectivity index (χ1) is 14.2. The highest BCUT2D eigenvalue weighted by atomic mass is 16.6. The molecule has 30 heavy (non-hydrogen) atoms. The summed E-state index contributed by atoms with van der Waals surface area (Å²) in [7, 11) is 1.58. The van der Waals surface area contributed by atoms with Crippen LogP contribution in [0.15, 0.2) is 12.1 Å². The van der Waals surface area contributed by atoms with E-state index in [1.165, 1.54) is 0 Å². The van der Waals surface area contributed by atoms with E-state index in [4.69, 9.17) is 14.2 Å². The van der Waals surface area contributed by atoms with E-state index >= 15 is 0 Å². The maximum atomic E-state index is 12.0. The van der Waals surface area contributed by atoms with Gasteiger partial charge >= 0.3 is 6.09 Å². The third-order valence-corrected chi connectivity index (χ3v) is 4.69. The quantitative estimate of drug-likeness (QED) is 0.447. The Kier molecular flexibility index (Phi) is 8.98. The molecule has 0 radical (unpaired) electrons. The number of aromatic nitrogens is 1. The molecule has 9 heteroatoms. The number of nitrogens with zero attached hydrogens (tertiary/aromatic N) is 1. The normalized spacial score (nSPS) is 20.2. The van der Waals surface area contributed by atoms with Crippen molar-refractivity contribution in [1.29, 1.82) is 0 Å². The van der Waals surface area contributed by atoms with Gasteiger partial charge in [0.05, 0.1) is 19.3 Å². The molecule has 9 nitrogen and oxygen atoms in total. The van der Waals surface area contributed by atoms with Crippen LogP contribution < -0.4 is 20.7 Å². The predicted molar refractivity (Wildman–Crippen MR) is 116 cm³/mol. The summed E-state index contributed by atoms with van der Waals surface area (Å²) >= 11 is 0. The van der Waals surface area contributed by atoms with Crippen LogP contribution in [0.5, 0.6) is 5.88 Å². The first-order valence-electron chi connectivity index (χ1n) is 10.5. The highest BCUT2D eigenvalue weighted by Crippen LogP contribution is 2.28. The van der Waals surface area contributed by atoms with E-state index in [1.807, 2.05) is 33.8 Å². The van der Waals surface area contributed by atoms with Crippen LogP contribution in [-0.4, -0.2) is 60.4 Å². The second kappa shape index (κ2) is 11.2. The fourth-order valence-electron chi connectivity index (χ4n) is 3.31. The van der Waals surface area contributed by atoms with E-state index in [-0.39, 0.29) is 24.7 Å².